The summed E-state index contributed by atoms with van der Waals surface area (Å²) >= 11 is 1.63. The zero-order chi connectivity index (χ0) is 23.4. The summed E-state index contributed by atoms with van der Waals surface area (Å²) in [5.41, 5.74) is 0.796. The number of carbonyl (C=O) groups is 2. The molecule has 0 saturated carbocycles. The summed E-state index contributed by atoms with van der Waals surface area (Å²) < 4.78 is 6.31. The molecule has 3 aromatic rings. The standard InChI is InChI=1S/C21H27N7O4S/c1-3-32-21(31)27-10-8-26(9-11-27)17(29)7-6-16-14(2)23-20-24-19(25-28(20)18(16)30)22-13-15-5-4-12-33-15/h4-5,12H,3,6-11,13H2,1-2H3,(H2,22,23,24,25). The SMILES string of the molecule is CCOC(=O)N1CCN(C(=O)CCc2c(C)nc3nc(NCc4cccs4)[nH]n3c2=O)CC1. The summed E-state index contributed by atoms with van der Waals surface area (Å²) in [6.45, 7) is 6.22. The second-order valence-corrected chi connectivity index (χ2v) is 8.72. The molecule has 1 saturated heterocycles. The van der Waals surface area contributed by atoms with Gasteiger partial charge < -0.3 is 19.9 Å². The Bertz CT molecular complexity index is 1180. The van der Waals surface area contributed by atoms with Gasteiger partial charge in [-0.1, -0.05) is 6.07 Å². The Labute approximate surface area is 194 Å². The van der Waals surface area contributed by atoms with E-state index in [1.807, 2.05) is 17.5 Å². The maximum atomic E-state index is 13.0. The van der Waals surface area contributed by atoms with Gasteiger partial charge in [-0.25, -0.2) is 9.78 Å². The fourth-order valence-electron chi connectivity index (χ4n) is 3.75. The number of rotatable bonds is 7. The Kier molecular flexibility index (Phi) is 6.92. The molecule has 12 heteroatoms. The third-order valence-corrected chi connectivity index (χ3v) is 6.43. The number of nitrogens with zero attached hydrogens (tertiary/aromatic N) is 5. The van der Waals surface area contributed by atoms with E-state index in [1.54, 1.807) is 35.0 Å². The lowest BCUT2D eigenvalue weighted by atomic mass is 10.1. The lowest BCUT2D eigenvalue weighted by molar-refractivity contribution is -0.132. The van der Waals surface area contributed by atoms with Gasteiger partial charge >= 0.3 is 6.09 Å². The van der Waals surface area contributed by atoms with Crippen LogP contribution in [0, 0.1) is 6.92 Å². The molecule has 1 aliphatic heterocycles. The van der Waals surface area contributed by atoms with Crippen molar-refractivity contribution in [3.8, 4) is 0 Å². The van der Waals surface area contributed by atoms with Crippen LogP contribution in [0.1, 0.15) is 29.5 Å². The molecule has 2 N–H and O–H groups in total. The molecule has 1 aliphatic rings. The van der Waals surface area contributed by atoms with Gasteiger partial charge in [-0.3, -0.25) is 14.7 Å². The van der Waals surface area contributed by atoms with E-state index >= 15 is 0 Å². The molecule has 0 atom stereocenters. The number of piperazine rings is 1. The fraction of sp³-hybridized carbons (Fsp3) is 0.476. The first-order valence-electron chi connectivity index (χ1n) is 10.9. The molecular weight excluding hydrogens is 446 g/mol. The second kappa shape index (κ2) is 10.0. The van der Waals surface area contributed by atoms with Crippen LogP contribution in [0.5, 0.6) is 0 Å². The number of nitrogens with one attached hydrogen (secondary N) is 2. The molecule has 0 unspecified atom stereocenters. The minimum Gasteiger partial charge on any atom is -0.450 e. The third kappa shape index (κ3) is 5.16. The Morgan fingerprint density at radius 1 is 1.21 bits per heavy atom. The molecule has 0 spiro atoms. The summed E-state index contributed by atoms with van der Waals surface area (Å²) in [6.07, 6.45) is 0.131. The number of hydrogen-bond donors (Lipinski definition) is 2. The van der Waals surface area contributed by atoms with Crippen LogP contribution >= 0.6 is 11.3 Å². The predicted octanol–water partition coefficient (Wildman–Crippen LogP) is 1.63. The van der Waals surface area contributed by atoms with E-state index < -0.39 is 0 Å². The predicted molar refractivity (Wildman–Crippen MR) is 123 cm³/mol. The van der Waals surface area contributed by atoms with Crippen molar-refractivity contribution in [3.63, 3.8) is 0 Å². The molecule has 3 aromatic heterocycles. The fourth-order valence-corrected chi connectivity index (χ4v) is 4.39. The quantitative estimate of drug-likeness (QED) is 0.534. The summed E-state index contributed by atoms with van der Waals surface area (Å²) in [6, 6.07) is 3.99. The van der Waals surface area contributed by atoms with Crippen LogP contribution in [0.3, 0.4) is 0 Å². The highest BCUT2D eigenvalue weighted by atomic mass is 32.1. The van der Waals surface area contributed by atoms with E-state index in [4.69, 9.17) is 4.74 Å². The smallest absolute Gasteiger partial charge is 0.409 e. The summed E-state index contributed by atoms with van der Waals surface area (Å²) in [5.74, 6) is 0.696. The number of fused-ring (bicyclic) bond motifs is 1. The molecule has 0 bridgehead atoms. The molecule has 2 amide bonds. The van der Waals surface area contributed by atoms with Gasteiger partial charge in [-0.05, 0) is 31.7 Å². The number of anilines is 1. The summed E-state index contributed by atoms with van der Waals surface area (Å²) in [5, 5.41) is 8.11. The largest absolute Gasteiger partial charge is 0.450 e. The van der Waals surface area contributed by atoms with Gasteiger partial charge in [0, 0.05) is 43.0 Å². The van der Waals surface area contributed by atoms with Crippen LogP contribution in [0.15, 0.2) is 22.3 Å². The van der Waals surface area contributed by atoms with E-state index in [2.05, 4.69) is 20.4 Å². The number of ether oxygens (including phenoxy) is 1. The van der Waals surface area contributed by atoms with Crippen molar-refractivity contribution in [3.05, 3.63) is 44.0 Å². The van der Waals surface area contributed by atoms with E-state index in [-0.39, 0.29) is 36.2 Å². The molecule has 0 radical (unpaired) electrons. The number of aromatic nitrogens is 4. The lowest BCUT2D eigenvalue weighted by Gasteiger charge is -2.34. The molecule has 0 aliphatic carbocycles. The molecule has 176 valence electrons. The highest BCUT2D eigenvalue weighted by molar-refractivity contribution is 7.09. The van der Waals surface area contributed by atoms with Crippen molar-refractivity contribution >= 4 is 35.1 Å². The van der Waals surface area contributed by atoms with E-state index in [9.17, 15) is 14.4 Å². The Hall–Kier alpha value is -3.41. The molecule has 4 rings (SSSR count). The molecular formula is C21H27N7O4S. The van der Waals surface area contributed by atoms with Crippen LogP contribution in [0.2, 0.25) is 0 Å². The number of hydrogen-bond acceptors (Lipinski definition) is 8. The van der Waals surface area contributed by atoms with Gasteiger partial charge in [0.15, 0.2) is 0 Å². The van der Waals surface area contributed by atoms with Crippen LogP contribution in [0.4, 0.5) is 10.7 Å². The monoisotopic (exact) mass is 473 g/mol. The number of amides is 2. The highest BCUT2D eigenvalue weighted by Gasteiger charge is 2.25. The Balaban J connectivity index is 1.37. The molecule has 4 heterocycles. The van der Waals surface area contributed by atoms with Crippen LogP contribution in [0.25, 0.3) is 5.78 Å². The van der Waals surface area contributed by atoms with Crippen molar-refractivity contribution in [1.82, 2.24) is 29.4 Å². The van der Waals surface area contributed by atoms with Crippen molar-refractivity contribution in [2.24, 2.45) is 0 Å². The highest BCUT2D eigenvalue weighted by Crippen LogP contribution is 2.12. The molecule has 0 aromatic carbocycles. The molecule has 1 fully saturated rings. The molecule has 11 nitrogen and oxygen atoms in total. The minimum atomic E-state index is -0.351. The minimum absolute atomic E-state index is 0.0506. The average molecular weight is 474 g/mol. The number of thiophene rings is 1. The van der Waals surface area contributed by atoms with Gasteiger partial charge in [0.1, 0.15) is 0 Å². The average Bonchev–Trinajstić information content (AvgIpc) is 3.47. The van der Waals surface area contributed by atoms with Crippen LogP contribution in [-0.2, 0) is 22.5 Å². The number of carbonyl (C=O) groups excluding carboxylic acids is 2. The number of aromatic amines is 1. The molecule has 33 heavy (non-hydrogen) atoms. The maximum absolute atomic E-state index is 13.0. The van der Waals surface area contributed by atoms with Gasteiger partial charge in [-0.2, -0.15) is 9.50 Å². The van der Waals surface area contributed by atoms with Crippen molar-refractivity contribution in [2.45, 2.75) is 33.2 Å². The maximum Gasteiger partial charge on any atom is 0.409 e. The summed E-state index contributed by atoms with van der Waals surface area (Å²) in [7, 11) is 0. The van der Waals surface area contributed by atoms with Gasteiger partial charge in [0.2, 0.25) is 11.9 Å². The first-order valence-corrected chi connectivity index (χ1v) is 11.8. The first kappa shape index (κ1) is 22.8. The first-order chi connectivity index (χ1) is 16.0. The van der Waals surface area contributed by atoms with E-state index in [0.717, 1.165) is 4.88 Å². The Morgan fingerprint density at radius 2 is 1.97 bits per heavy atom. The number of H-pyrrole nitrogens is 1. The van der Waals surface area contributed by atoms with Gasteiger partial charge in [0.05, 0.1) is 18.8 Å². The van der Waals surface area contributed by atoms with E-state index in [1.165, 1.54) is 4.52 Å². The lowest BCUT2D eigenvalue weighted by Crippen LogP contribution is -2.50. The Morgan fingerprint density at radius 3 is 2.67 bits per heavy atom. The van der Waals surface area contributed by atoms with Crippen molar-refractivity contribution < 1.29 is 14.3 Å². The van der Waals surface area contributed by atoms with Crippen molar-refractivity contribution in [1.29, 1.82) is 0 Å². The van der Waals surface area contributed by atoms with Gasteiger partial charge in [0.25, 0.3) is 11.3 Å². The van der Waals surface area contributed by atoms with Gasteiger partial charge in [-0.15, -0.1) is 11.3 Å². The topological polar surface area (TPSA) is 125 Å². The van der Waals surface area contributed by atoms with Crippen LogP contribution in [-0.4, -0.2) is 74.2 Å². The van der Waals surface area contributed by atoms with E-state index in [0.29, 0.717) is 56.5 Å². The van der Waals surface area contributed by atoms with Crippen molar-refractivity contribution in [2.75, 3.05) is 38.1 Å². The zero-order valence-electron chi connectivity index (χ0n) is 18.7. The second-order valence-electron chi connectivity index (χ2n) is 7.69. The zero-order valence-corrected chi connectivity index (χ0v) is 19.5. The van der Waals surface area contributed by atoms with Crippen LogP contribution < -0.4 is 10.9 Å². The number of aryl methyl sites for hydroxylation is 1. The third-order valence-electron chi connectivity index (χ3n) is 5.55. The normalized spacial score (nSPS) is 14.0. The summed E-state index contributed by atoms with van der Waals surface area (Å²) in [4.78, 5) is 50.8.